The molecule has 0 aliphatic carbocycles. The summed E-state index contributed by atoms with van der Waals surface area (Å²) in [6, 6.07) is 8.03. The van der Waals surface area contributed by atoms with Crippen LogP contribution < -0.4 is 9.47 Å². The molecule has 0 fully saturated rings. The van der Waals surface area contributed by atoms with Crippen molar-refractivity contribution in [3.05, 3.63) is 46.0 Å². The third-order valence-electron chi connectivity index (χ3n) is 4.65. The Kier molecular flexibility index (Phi) is 5.69. The third kappa shape index (κ3) is 3.60. The number of nitrogens with zero attached hydrogens (tertiary/aromatic N) is 4. The van der Waals surface area contributed by atoms with Crippen LogP contribution in [0, 0.1) is 18.6 Å². The molecule has 2 heterocycles. The molecule has 0 saturated carbocycles. The summed E-state index contributed by atoms with van der Waals surface area (Å²) in [6.07, 6.45) is 1.81. The van der Waals surface area contributed by atoms with Crippen LogP contribution >= 0.6 is 12.2 Å². The van der Waals surface area contributed by atoms with Crippen molar-refractivity contribution >= 4 is 18.4 Å². The Labute approximate surface area is 169 Å². The largest absolute Gasteiger partial charge is 0.497 e. The summed E-state index contributed by atoms with van der Waals surface area (Å²) in [5.74, 6) is 1.90. The molecule has 1 aromatic carbocycles. The van der Waals surface area contributed by atoms with Crippen LogP contribution in [0.3, 0.4) is 0 Å². The number of aromatic amines is 1. The fourth-order valence-corrected chi connectivity index (χ4v) is 3.58. The predicted octanol–water partition coefficient (Wildman–Crippen LogP) is 4.51. The second kappa shape index (κ2) is 8.02. The van der Waals surface area contributed by atoms with Gasteiger partial charge in [-0.15, -0.1) is 0 Å². The maximum Gasteiger partial charge on any atom is 0.216 e. The number of nitrogens with one attached hydrogen (secondary N) is 1. The monoisotopic (exact) mass is 399 g/mol. The molecule has 0 aliphatic heterocycles. The Balaban J connectivity index is 2.05. The Morgan fingerprint density at radius 1 is 1.18 bits per heavy atom. The first-order valence-corrected chi connectivity index (χ1v) is 9.40. The smallest absolute Gasteiger partial charge is 0.216 e. The molecule has 0 bridgehead atoms. The van der Waals surface area contributed by atoms with Gasteiger partial charge in [-0.3, -0.25) is 0 Å². The Bertz CT molecular complexity index is 1070. The van der Waals surface area contributed by atoms with Gasteiger partial charge >= 0.3 is 0 Å². The van der Waals surface area contributed by atoms with Gasteiger partial charge in [-0.1, -0.05) is 0 Å². The van der Waals surface area contributed by atoms with Crippen molar-refractivity contribution in [1.82, 2.24) is 19.4 Å². The number of hydrogen-bond acceptors (Lipinski definition) is 5. The van der Waals surface area contributed by atoms with Gasteiger partial charge in [0.2, 0.25) is 4.77 Å². The van der Waals surface area contributed by atoms with Crippen LogP contribution in [0.25, 0.3) is 11.4 Å². The second-order valence-electron chi connectivity index (χ2n) is 6.77. The first-order chi connectivity index (χ1) is 13.4. The van der Waals surface area contributed by atoms with Crippen LogP contribution in [0.1, 0.15) is 36.8 Å². The van der Waals surface area contributed by atoms with Crippen molar-refractivity contribution in [2.75, 3.05) is 14.2 Å². The van der Waals surface area contributed by atoms with Crippen molar-refractivity contribution in [2.24, 2.45) is 5.10 Å². The fourth-order valence-electron chi connectivity index (χ4n) is 3.40. The summed E-state index contributed by atoms with van der Waals surface area (Å²) in [4.78, 5) is 0. The van der Waals surface area contributed by atoms with Gasteiger partial charge in [0.15, 0.2) is 5.82 Å². The Hall–Kier alpha value is -2.87. The van der Waals surface area contributed by atoms with Crippen LogP contribution in [0.5, 0.6) is 11.5 Å². The van der Waals surface area contributed by atoms with Crippen LogP contribution in [-0.4, -0.2) is 39.9 Å². The number of benzene rings is 1. The maximum atomic E-state index is 5.50. The van der Waals surface area contributed by atoms with Crippen molar-refractivity contribution in [1.29, 1.82) is 0 Å². The van der Waals surface area contributed by atoms with Gasteiger partial charge in [-0.2, -0.15) is 14.9 Å². The quantitative estimate of drug-likeness (QED) is 0.489. The minimum Gasteiger partial charge on any atom is -0.497 e. The van der Waals surface area contributed by atoms with Crippen molar-refractivity contribution in [3.8, 4) is 22.9 Å². The number of ether oxygens (including phenoxy) is 2. The lowest BCUT2D eigenvalue weighted by molar-refractivity contribution is 0.395. The SMILES string of the molecule is COc1ccc(-c2n[nH]c(=S)n2/N=C\c2cc(C)n(C(C)C)c2C)c(OC)c1. The maximum absolute atomic E-state index is 5.50. The first-order valence-electron chi connectivity index (χ1n) is 9.00. The van der Waals surface area contributed by atoms with E-state index in [1.54, 1.807) is 25.0 Å². The molecule has 148 valence electrons. The molecule has 1 N–H and O–H groups in total. The molecule has 0 spiro atoms. The standard InChI is InChI=1S/C20H25N5O2S/c1-12(2)24-13(3)9-15(14(24)4)11-21-25-19(22-23-20(25)28)17-8-7-16(26-5)10-18(17)27-6/h7-12H,1-6H3,(H,23,28)/b21-11-. The van der Waals surface area contributed by atoms with Crippen LogP contribution in [0.4, 0.5) is 0 Å². The van der Waals surface area contributed by atoms with E-state index in [-0.39, 0.29) is 0 Å². The van der Waals surface area contributed by atoms with Gasteiger partial charge in [0.05, 0.1) is 26.0 Å². The topological polar surface area (TPSA) is 69.4 Å². The molecule has 0 aliphatic rings. The molecule has 7 nitrogen and oxygen atoms in total. The molecule has 0 amide bonds. The lowest BCUT2D eigenvalue weighted by Gasteiger charge is -2.13. The van der Waals surface area contributed by atoms with Gasteiger partial charge in [0.1, 0.15) is 11.5 Å². The highest BCUT2D eigenvalue weighted by molar-refractivity contribution is 7.71. The van der Waals surface area contributed by atoms with Gasteiger partial charge in [-0.25, -0.2) is 5.10 Å². The van der Waals surface area contributed by atoms with Crippen LogP contribution in [0.2, 0.25) is 0 Å². The summed E-state index contributed by atoms with van der Waals surface area (Å²) in [5.41, 5.74) is 4.17. The fraction of sp³-hybridized carbons (Fsp3) is 0.350. The molecule has 3 aromatic rings. The molecule has 3 rings (SSSR count). The average molecular weight is 400 g/mol. The molecular formula is C20H25N5O2S. The molecule has 0 radical (unpaired) electrons. The minimum absolute atomic E-state index is 0.386. The van der Waals surface area contributed by atoms with Crippen LogP contribution in [0.15, 0.2) is 29.4 Å². The van der Waals surface area contributed by atoms with E-state index in [4.69, 9.17) is 21.7 Å². The molecule has 0 saturated heterocycles. The van der Waals surface area contributed by atoms with E-state index in [0.29, 0.717) is 28.1 Å². The highest BCUT2D eigenvalue weighted by Gasteiger charge is 2.15. The van der Waals surface area contributed by atoms with Crippen LogP contribution in [-0.2, 0) is 0 Å². The zero-order chi connectivity index (χ0) is 20.4. The molecule has 0 atom stereocenters. The van der Waals surface area contributed by atoms with E-state index < -0.39 is 0 Å². The predicted molar refractivity (Wildman–Crippen MR) is 113 cm³/mol. The summed E-state index contributed by atoms with van der Waals surface area (Å²) in [7, 11) is 3.22. The molecule has 0 unspecified atom stereocenters. The normalized spacial score (nSPS) is 11.5. The number of hydrogen-bond donors (Lipinski definition) is 1. The van der Waals surface area contributed by atoms with E-state index in [1.165, 1.54) is 5.69 Å². The van der Waals surface area contributed by atoms with E-state index in [1.807, 2.05) is 18.3 Å². The minimum atomic E-state index is 0.386. The van der Waals surface area contributed by atoms with E-state index in [9.17, 15) is 0 Å². The summed E-state index contributed by atoms with van der Waals surface area (Å²) >= 11 is 5.38. The Morgan fingerprint density at radius 3 is 2.54 bits per heavy atom. The number of rotatable bonds is 6. The summed E-state index contributed by atoms with van der Waals surface area (Å²) < 4.78 is 15.0. The van der Waals surface area contributed by atoms with E-state index in [0.717, 1.165) is 16.8 Å². The third-order valence-corrected chi connectivity index (χ3v) is 4.92. The highest BCUT2D eigenvalue weighted by atomic mass is 32.1. The second-order valence-corrected chi connectivity index (χ2v) is 7.15. The lowest BCUT2D eigenvalue weighted by Crippen LogP contribution is -2.05. The zero-order valence-electron chi connectivity index (χ0n) is 17.0. The van der Waals surface area contributed by atoms with Gasteiger partial charge < -0.3 is 14.0 Å². The van der Waals surface area contributed by atoms with Crippen molar-refractivity contribution in [2.45, 2.75) is 33.7 Å². The highest BCUT2D eigenvalue weighted by Crippen LogP contribution is 2.32. The number of methoxy groups -OCH3 is 2. The number of aryl methyl sites for hydroxylation is 1. The van der Waals surface area contributed by atoms with Gasteiger partial charge in [-0.05, 0) is 58.1 Å². The number of H-pyrrole nitrogens is 1. The molecule has 2 aromatic heterocycles. The van der Waals surface area contributed by atoms with E-state index >= 15 is 0 Å². The van der Waals surface area contributed by atoms with Crippen molar-refractivity contribution < 1.29 is 9.47 Å². The Morgan fingerprint density at radius 2 is 1.93 bits per heavy atom. The summed E-state index contributed by atoms with van der Waals surface area (Å²) in [6.45, 7) is 8.53. The lowest BCUT2D eigenvalue weighted by atomic mass is 10.2. The van der Waals surface area contributed by atoms with Gasteiger partial charge in [0.25, 0.3) is 0 Å². The summed E-state index contributed by atoms with van der Waals surface area (Å²) in [5, 5.41) is 11.8. The molecule has 28 heavy (non-hydrogen) atoms. The van der Waals surface area contributed by atoms with Gasteiger partial charge in [0, 0.05) is 29.1 Å². The van der Waals surface area contributed by atoms with Crippen molar-refractivity contribution in [3.63, 3.8) is 0 Å². The molecular weight excluding hydrogens is 374 g/mol. The number of aromatic nitrogens is 4. The first kappa shape index (κ1) is 19.9. The average Bonchev–Trinajstić information content (AvgIpc) is 3.17. The molecule has 8 heteroatoms. The zero-order valence-corrected chi connectivity index (χ0v) is 17.8. The van der Waals surface area contributed by atoms with E-state index in [2.05, 4.69) is 53.6 Å².